The van der Waals surface area contributed by atoms with Crippen molar-refractivity contribution in [1.29, 1.82) is 0 Å². The summed E-state index contributed by atoms with van der Waals surface area (Å²) in [6.45, 7) is 2.01. The summed E-state index contributed by atoms with van der Waals surface area (Å²) >= 11 is 1.23. The third-order valence-corrected chi connectivity index (χ3v) is 5.07. The predicted molar refractivity (Wildman–Crippen MR) is 115 cm³/mol. The van der Waals surface area contributed by atoms with Crippen LogP contribution in [-0.4, -0.2) is 21.9 Å². The van der Waals surface area contributed by atoms with Gasteiger partial charge in [0.2, 0.25) is 11.8 Å². The SMILES string of the molecule is Cc1cccc(-c2nnc(SCC(=O)N(c3ccccc3)c3ccccc3)o2)c1. The summed E-state index contributed by atoms with van der Waals surface area (Å²) in [6.07, 6.45) is 0. The van der Waals surface area contributed by atoms with Gasteiger partial charge in [-0.1, -0.05) is 65.9 Å². The second-order valence-electron chi connectivity index (χ2n) is 6.43. The molecule has 0 fully saturated rings. The van der Waals surface area contributed by atoms with Crippen molar-refractivity contribution >= 4 is 29.0 Å². The van der Waals surface area contributed by atoms with E-state index in [1.54, 1.807) is 4.90 Å². The molecule has 0 N–H and O–H groups in total. The van der Waals surface area contributed by atoms with Crippen LogP contribution in [0, 0.1) is 6.92 Å². The summed E-state index contributed by atoms with van der Waals surface area (Å²) in [7, 11) is 0. The summed E-state index contributed by atoms with van der Waals surface area (Å²) in [5, 5.41) is 8.55. The van der Waals surface area contributed by atoms with Crippen molar-refractivity contribution in [2.75, 3.05) is 10.7 Å². The van der Waals surface area contributed by atoms with E-state index in [4.69, 9.17) is 4.42 Å². The number of nitrogens with zero attached hydrogens (tertiary/aromatic N) is 3. The van der Waals surface area contributed by atoms with Crippen LogP contribution in [0.15, 0.2) is 94.6 Å². The molecule has 0 unspecified atom stereocenters. The van der Waals surface area contributed by atoms with Crippen LogP contribution in [0.4, 0.5) is 11.4 Å². The summed E-state index contributed by atoms with van der Waals surface area (Å²) in [5.41, 5.74) is 3.61. The molecule has 0 atom stereocenters. The number of anilines is 2. The van der Waals surface area contributed by atoms with Gasteiger partial charge in [-0.15, -0.1) is 10.2 Å². The van der Waals surface area contributed by atoms with Crippen LogP contribution in [0.1, 0.15) is 5.56 Å². The van der Waals surface area contributed by atoms with Crippen LogP contribution in [0.3, 0.4) is 0 Å². The maximum atomic E-state index is 13.1. The van der Waals surface area contributed by atoms with E-state index in [-0.39, 0.29) is 11.7 Å². The Bertz CT molecular complexity index is 1060. The van der Waals surface area contributed by atoms with E-state index in [0.29, 0.717) is 11.1 Å². The quantitative estimate of drug-likeness (QED) is 0.399. The fourth-order valence-electron chi connectivity index (χ4n) is 2.94. The molecule has 0 spiro atoms. The average Bonchev–Trinajstić information content (AvgIpc) is 3.23. The number of amides is 1. The van der Waals surface area contributed by atoms with Crippen molar-refractivity contribution in [2.45, 2.75) is 12.1 Å². The summed E-state index contributed by atoms with van der Waals surface area (Å²) < 4.78 is 5.74. The highest BCUT2D eigenvalue weighted by atomic mass is 32.2. The number of hydrogen-bond donors (Lipinski definition) is 0. The number of benzene rings is 3. The van der Waals surface area contributed by atoms with Gasteiger partial charge < -0.3 is 4.42 Å². The van der Waals surface area contributed by atoms with Crippen molar-refractivity contribution in [3.63, 3.8) is 0 Å². The minimum absolute atomic E-state index is 0.0669. The molecule has 0 aliphatic carbocycles. The zero-order chi connectivity index (χ0) is 20.1. The molecule has 4 aromatic rings. The lowest BCUT2D eigenvalue weighted by Gasteiger charge is -2.22. The van der Waals surface area contributed by atoms with Gasteiger partial charge in [0, 0.05) is 16.9 Å². The van der Waals surface area contributed by atoms with E-state index in [2.05, 4.69) is 10.2 Å². The predicted octanol–water partition coefficient (Wildman–Crippen LogP) is 5.50. The maximum absolute atomic E-state index is 13.1. The molecule has 1 aromatic heterocycles. The van der Waals surface area contributed by atoms with Crippen LogP contribution in [0.5, 0.6) is 0 Å². The van der Waals surface area contributed by atoms with E-state index in [1.165, 1.54) is 11.8 Å². The lowest BCUT2D eigenvalue weighted by Crippen LogP contribution is -2.27. The second-order valence-corrected chi connectivity index (χ2v) is 7.36. The minimum atomic E-state index is -0.0669. The standard InChI is InChI=1S/C23H19N3O2S/c1-17-9-8-10-18(15-17)22-24-25-23(28-22)29-16-21(27)26(19-11-4-2-5-12-19)20-13-6-3-7-14-20/h2-15H,16H2,1H3. The molecule has 0 saturated carbocycles. The Labute approximate surface area is 173 Å². The third kappa shape index (κ3) is 4.55. The van der Waals surface area contributed by atoms with Gasteiger partial charge >= 0.3 is 0 Å². The molecular weight excluding hydrogens is 382 g/mol. The first-order valence-corrected chi connectivity index (χ1v) is 10.2. The first-order valence-electron chi connectivity index (χ1n) is 9.17. The average molecular weight is 401 g/mol. The topological polar surface area (TPSA) is 59.2 Å². The number of hydrogen-bond acceptors (Lipinski definition) is 5. The van der Waals surface area contributed by atoms with Crippen LogP contribution in [-0.2, 0) is 4.79 Å². The number of carbonyl (C=O) groups excluding carboxylic acids is 1. The van der Waals surface area contributed by atoms with Gasteiger partial charge in [-0.3, -0.25) is 9.69 Å². The molecule has 0 aliphatic heterocycles. The summed E-state index contributed by atoms with van der Waals surface area (Å²) in [5.74, 6) is 0.563. The largest absolute Gasteiger partial charge is 0.411 e. The van der Waals surface area contributed by atoms with Crippen LogP contribution >= 0.6 is 11.8 Å². The summed E-state index contributed by atoms with van der Waals surface area (Å²) in [4.78, 5) is 14.8. The van der Waals surface area contributed by atoms with Gasteiger partial charge in [0.05, 0.1) is 5.75 Å². The molecule has 29 heavy (non-hydrogen) atoms. The molecule has 0 bridgehead atoms. The van der Waals surface area contributed by atoms with Crippen molar-refractivity contribution < 1.29 is 9.21 Å². The van der Waals surface area contributed by atoms with E-state index in [9.17, 15) is 4.79 Å². The molecular formula is C23H19N3O2S. The summed E-state index contributed by atoms with van der Waals surface area (Å²) in [6, 6.07) is 27.0. The fourth-order valence-corrected chi connectivity index (χ4v) is 3.55. The Balaban J connectivity index is 1.50. The van der Waals surface area contributed by atoms with Gasteiger partial charge in [-0.25, -0.2) is 0 Å². The normalized spacial score (nSPS) is 10.7. The second kappa shape index (κ2) is 8.75. The minimum Gasteiger partial charge on any atom is -0.411 e. The van der Waals surface area contributed by atoms with Gasteiger partial charge in [-0.05, 0) is 43.3 Å². The number of aryl methyl sites for hydroxylation is 1. The van der Waals surface area contributed by atoms with Gasteiger partial charge in [0.1, 0.15) is 0 Å². The highest BCUT2D eigenvalue weighted by Gasteiger charge is 2.19. The van der Waals surface area contributed by atoms with Gasteiger partial charge in [-0.2, -0.15) is 0 Å². The zero-order valence-electron chi connectivity index (χ0n) is 15.9. The van der Waals surface area contributed by atoms with Crippen LogP contribution in [0.25, 0.3) is 11.5 Å². The van der Waals surface area contributed by atoms with Gasteiger partial charge in [0.25, 0.3) is 5.22 Å². The van der Waals surface area contributed by atoms with Crippen LogP contribution < -0.4 is 4.90 Å². The van der Waals surface area contributed by atoms with Crippen molar-refractivity contribution in [3.05, 3.63) is 90.5 Å². The van der Waals surface area contributed by atoms with Crippen molar-refractivity contribution in [3.8, 4) is 11.5 Å². The Morgan fingerprint density at radius 1 is 0.897 bits per heavy atom. The molecule has 144 valence electrons. The van der Waals surface area contributed by atoms with E-state index in [0.717, 1.165) is 22.5 Å². The van der Waals surface area contributed by atoms with Crippen molar-refractivity contribution in [1.82, 2.24) is 10.2 Å². The number of aromatic nitrogens is 2. The Kier molecular flexibility index (Phi) is 5.72. The van der Waals surface area contributed by atoms with Crippen molar-refractivity contribution in [2.24, 2.45) is 0 Å². The first kappa shape index (κ1) is 19.0. The number of para-hydroxylation sites is 2. The molecule has 6 heteroatoms. The maximum Gasteiger partial charge on any atom is 0.277 e. The molecule has 4 rings (SSSR count). The Morgan fingerprint density at radius 3 is 2.17 bits per heavy atom. The Morgan fingerprint density at radius 2 is 1.55 bits per heavy atom. The number of carbonyl (C=O) groups is 1. The number of rotatable bonds is 6. The molecule has 0 saturated heterocycles. The van der Waals surface area contributed by atoms with Crippen LogP contribution in [0.2, 0.25) is 0 Å². The molecule has 1 heterocycles. The molecule has 1 amide bonds. The highest BCUT2D eigenvalue weighted by molar-refractivity contribution is 7.99. The lowest BCUT2D eigenvalue weighted by atomic mass is 10.1. The lowest BCUT2D eigenvalue weighted by molar-refractivity contribution is -0.115. The number of thioether (sulfide) groups is 1. The Hall–Kier alpha value is -3.38. The molecule has 3 aromatic carbocycles. The van der Waals surface area contributed by atoms with E-state index >= 15 is 0 Å². The van der Waals surface area contributed by atoms with E-state index in [1.807, 2.05) is 91.9 Å². The zero-order valence-corrected chi connectivity index (χ0v) is 16.7. The molecule has 0 radical (unpaired) electrons. The van der Waals surface area contributed by atoms with E-state index < -0.39 is 0 Å². The first-order chi connectivity index (χ1) is 14.2. The fraction of sp³-hybridized carbons (Fsp3) is 0.0870. The van der Waals surface area contributed by atoms with Gasteiger partial charge in [0.15, 0.2) is 0 Å². The monoisotopic (exact) mass is 401 g/mol. The molecule has 0 aliphatic rings. The third-order valence-electron chi connectivity index (χ3n) is 4.27. The smallest absolute Gasteiger partial charge is 0.277 e. The molecule has 5 nitrogen and oxygen atoms in total. The highest BCUT2D eigenvalue weighted by Crippen LogP contribution is 2.28.